The van der Waals surface area contributed by atoms with E-state index in [9.17, 15) is 4.79 Å². The fourth-order valence-corrected chi connectivity index (χ4v) is 3.37. The average Bonchev–Trinajstić information content (AvgIpc) is 3.29. The number of hydrogen-bond donors (Lipinski definition) is 0. The Bertz CT molecular complexity index is 634. The van der Waals surface area contributed by atoms with E-state index in [0.717, 1.165) is 23.1 Å². The molecule has 1 aliphatic carbocycles. The van der Waals surface area contributed by atoms with Gasteiger partial charge in [0, 0.05) is 18.0 Å². The van der Waals surface area contributed by atoms with Gasteiger partial charge in [0.05, 0.1) is 5.25 Å². The molecule has 1 aromatic carbocycles. The van der Waals surface area contributed by atoms with Crippen LogP contribution in [0.15, 0.2) is 35.5 Å². The van der Waals surface area contributed by atoms with Gasteiger partial charge in [0.1, 0.15) is 5.82 Å². The lowest BCUT2D eigenvalue weighted by atomic mass is 10.1. The quantitative estimate of drug-likeness (QED) is 0.605. The maximum Gasteiger partial charge on any atom is 0.191 e. The summed E-state index contributed by atoms with van der Waals surface area (Å²) in [6.45, 7) is 4.89. The van der Waals surface area contributed by atoms with Crippen LogP contribution in [0.2, 0.25) is 0 Å². The minimum absolute atomic E-state index is 0.138. The first-order valence-electron chi connectivity index (χ1n) is 7.39. The van der Waals surface area contributed by atoms with Gasteiger partial charge >= 0.3 is 0 Å². The second-order valence-electron chi connectivity index (χ2n) is 5.35. The molecular formula is C16H19N3OS. The minimum atomic E-state index is -0.158. The van der Waals surface area contributed by atoms with E-state index < -0.39 is 0 Å². The van der Waals surface area contributed by atoms with Crippen LogP contribution in [0.4, 0.5) is 0 Å². The molecular weight excluding hydrogens is 282 g/mol. The van der Waals surface area contributed by atoms with Gasteiger partial charge in [-0.05, 0) is 26.7 Å². The van der Waals surface area contributed by atoms with Gasteiger partial charge in [-0.2, -0.15) is 0 Å². The number of benzene rings is 1. The summed E-state index contributed by atoms with van der Waals surface area (Å²) in [4.78, 5) is 12.4. The number of ketones is 1. The monoisotopic (exact) mass is 301 g/mol. The van der Waals surface area contributed by atoms with Gasteiger partial charge in [0.25, 0.3) is 0 Å². The first-order chi connectivity index (χ1) is 10.2. The van der Waals surface area contributed by atoms with Crippen molar-refractivity contribution in [2.24, 2.45) is 0 Å². The van der Waals surface area contributed by atoms with Crippen molar-refractivity contribution in [2.45, 2.75) is 49.6 Å². The second-order valence-corrected chi connectivity index (χ2v) is 6.66. The van der Waals surface area contributed by atoms with Gasteiger partial charge in [0.2, 0.25) is 0 Å². The summed E-state index contributed by atoms with van der Waals surface area (Å²) >= 11 is 1.50. The summed E-state index contributed by atoms with van der Waals surface area (Å²) in [6, 6.07) is 9.43. The van der Waals surface area contributed by atoms with Crippen LogP contribution < -0.4 is 0 Å². The molecule has 0 N–H and O–H groups in total. The Morgan fingerprint density at radius 1 is 1.33 bits per heavy atom. The van der Waals surface area contributed by atoms with Crippen molar-refractivity contribution < 1.29 is 4.79 Å². The van der Waals surface area contributed by atoms with Gasteiger partial charge in [-0.1, -0.05) is 42.1 Å². The Balaban J connectivity index is 1.75. The Labute approximate surface area is 129 Å². The number of carbonyl (C=O) groups excluding carboxylic acids is 1. The molecule has 1 aromatic heterocycles. The normalized spacial score (nSPS) is 15.9. The third kappa shape index (κ3) is 3.02. The highest BCUT2D eigenvalue weighted by Gasteiger charge is 2.30. The number of rotatable bonds is 6. The lowest BCUT2D eigenvalue weighted by Crippen LogP contribution is -2.14. The SMILES string of the molecule is CCn1c(SC(C)C(=O)c2ccccc2)nnc1C1CC1. The first-order valence-corrected chi connectivity index (χ1v) is 8.27. The van der Waals surface area contributed by atoms with Crippen LogP contribution in [0.1, 0.15) is 48.8 Å². The molecule has 4 nitrogen and oxygen atoms in total. The van der Waals surface area contributed by atoms with Gasteiger partial charge in [-0.15, -0.1) is 10.2 Å². The Hall–Kier alpha value is -1.62. The molecule has 5 heteroatoms. The fraction of sp³-hybridized carbons (Fsp3) is 0.438. The summed E-state index contributed by atoms with van der Waals surface area (Å²) in [5.74, 6) is 1.80. The molecule has 110 valence electrons. The molecule has 2 aromatic rings. The number of nitrogens with zero attached hydrogens (tertiary/aromatic N) is 3. The molecule has 3 rings (SSSR count). The van der Waals surface area contributed by atoms with Gasteiger partial charge in [-0.25, -0.2) is 0 Å². The Morgan fingerprint density at radius 3 is 2.67 bits per heavy atom. The lowest BCUT2D eigenvalue weighted by molar-refractivity contribution is 0.0994. The highest BCUT2D eigenvalue weighted by Crippen LogP contribution is 2.40. The van der Waals surface area contributed by atoms with Crippen LogP contribution in [-0.4, -0.2) is 25.8 Å². The molecule has 1 unspecified atom stereocenters. The summed E-state index contributed by atoms with van der Waals surface area (Å²) in [5, 5.41) is 9.30. The van der Waals surface area contributed by atoms with E-state index in [1.165, 1.54) is 24.6 Å². The second kappa shape index (κ2) is 6.02. The first kappa shape index (κ1) is 14.3. The third-order valence-electron chi connectivity index (χ3n) is 3.71. The van der Waals surface area contributed by atoms with Gasteiger partial charge in [-0.3, -0.25) is 4.79 Å². The van der Waals surface area contributed by atoms with E-state index in [1.54, 1.807) is 0 Å². The number of thioether (sulfide) groups is 1. The van der Waals surface area contributed by atoms with E-state index >= 15 is 0 Å². The van der Waals surface area contributed by atoms with Gasteiger partial charge < -0.3 is 4.57 Å². The highest BCUT2D eigenvalue weighted by molar-refractivity contribution is 8.00. The molecule has 21 heavy (non-hydrogen) atoms. The van der Waals surface area contributed by atoms with E-state index in [4.69, 9.17) is 0 Å². The van der Waals surface area contributed by atoms with E-state index in [-0.39, 0.29) is 11.0 Å². The molecule has 0 saturated heterocycles. The zero-order valence-electron chi connectivity index (χ0n) is 12.3. The lowest BCUT2D eigenvalue weighted by Gasteiger charge is -2.11. The molecule has 1 saturated carbocycles. The zero-order chi connectivity index (χ0) is 14.8. The highest BCUT2D eigenvalue weighted by atomic mass is 32.2. The van der Waals surface area contributed by atoms with Crippen molar-refractivity contribution in [2.75, 3.05) is 0 Å². The topological polar surface area (TPSA) is 47.8 Å². The molecule has 1 fully saturated rings. The molecule has 0 spiro atoms. The van der Waals surface area contributed by atoms with Crippen molar-refractivity contribution in [3.05, 3.63) is 41.7 Å². The predicted octanol–water partition coefficient (Wildman–Crippen LogP) is 3.54. The number of aromatic nitrogens is 3. The van der Waals surface area contributed by atoms with Crippen molar-refractivity contribution in [3.8, 4) is 0 Å². The fourth-order valence-electron chi connectivity index (χ4n) is 2.38. The maximum atomic E-state index is 12.4. The summed E-state index contributed by atoms with van der Waals surface area (Å²) in [6.07, 6.45) is 2.42. The largest absolute Gasteiger partial charge is 0.306 e. The Morgan fingerprint density at radius 2 is 2.05 bits per heavy atom. The molecule has 0 amide bonds. The smallest absolute Gasteiger partial charge is 0.191 e. The van der Waals surface area contributed by atoms with Crippen LogP contribution in [0.25, 0.3) is 0 Å². The Kier molecular flexibility index (Phi) is 4.10. The van der Waals surface area contributed by atoms with Crippen LogP contribution in [0, 0.1) is 0 Å². The predicted molar refractivity (Wildman–Crippen MR) is 83.8 cm³/mol. The minimum Gasteiger partial charge on any atom is -0.306 e. The molecule has 1 atom stereocenters. The number of carbonyl (C=O) groups is 1. The van der Waals surface area contributed by atoms with Crippen LogP contribution in [0.5, 0.6) is 0 Å². The van der Waals surface area contributed by atoms with E-state index in [0.29, 0.717) is 5.92 Å². The van der Waals surface area contributed by atoms with Crippen molar-refractivity contribution in [3.63, 3.8) is 0 Å². The van der Waals surface area contributed by atoms with Crippen LogP contribution in [-0.2, 0) is 6.54 Å². The molecule has 0 aliphatic heterocycles. The third-order valence-corrected chi connectivity index (χ3v) is 4.79. The van der Waals surface area contributed by atoms with Gasteiger partial charge in [0.15, 0.2) is 10.9 Å². The number of hydrogen-bond acceptors (Lipinski definition) is 4. The average molecular weight is 301 g/mol. The molecule has 0 bridgehead atoms. The number of Topliss-reactive ketones (excluding diaryl/α,β-unsaturated/α-hetero) is 1. The van der Waals surface area contributed by atoms with Crippen molar-refractivity contribution in [1.82, 2.24) is 14.8 Å². The standard InChI is InChI=1S/C16H19N3OS/c1-3-19-15(13-9-10-13)17-18-16(19)21-11(2)14(20)12-7-5-4-6-8-12/h4-8,11,13H,3,9-10H2,1-2H3. The summed E-state index contributed by atoms with van der Waals surface area (Å²) < 4.78 is 2.15. The zero-order valence-corrected chi connectivity index (χ0v) is 13.1. The van der Waals surface area contributed by atoms with Crippen LogP contribution >= 0.6 is 11.8 Å². The van der Waals surface area contributed by atoms with Crippen molar-refractivity contribution >= 4 is 17.5 Å². The summed E-state index contributed by atoms with van der Waals surface area (Å²) in [7, 11) is 0. The maximum absolute atomic E-state index is 12.4. The molecule has 1 aliphatic rings. The molecule has 0 radical (unpaired) electrons. The van der Waals surface area contributed by atoms with E-state index in [1.807, 2.05) is 37.3 Å². The van der Waals surface area contributed by atoms with Crippen molar-refractivity contribution in [1.29, 1.82) is 0 Å². The van der Waals surface area contributed by atoms with Crippen LogP contribution in [0.3, 0.4) is 0 Å². The van der Waals surface area contributed by atoms with E-state index in [2.05, 4.69) is 21.7 Å². The summed E-state index contributed by atoms with van der Waals surface area (Å²) in [5.41, 5.74) is 0.752. The molecule has 1 heterocycles.